The monoisotopic (exact) mass is 224 g/mol. The number of hydrogen-bond acceptors (Lipinski definition) is 4. The molecule has 1 saturated heterocycles. The van der Waals surface area contributed by atoms with E-state index in [1.807, 2.05) is 20.8 Å². The Morgan fingerprint density at radius 1 is 1.43 bits per heavy atom. The molecule has 0 radical (unpaired) electrons. The van der Waals surface area contributed by atoms with E-state index in [1.54, 1.807) is 4.90 Å². The van der Waals surface area contributed by atoms with Gasteiger partial charge in [0.05, 0.1) is 13.1 Å². The highest BCUT2D eigenvalue weighted by atomic mass is 35.5. The summed E-state index contributed by atoms with van der Waals surface area (Å²) in [5, 5.41) is 0. The van der Waals surface area contributed by atoms with Crippen molar-refractivity contribution < 1.29 is 14.4 Å². The van der Waals surface area contributed by atoms with Gasteiger partial charge in [-0.05, 0) is 20.8 Å². The van der Waals surface area contributed by atoms with Gasteiger partial charge in [0.25, 0.3) is 0 Å². The summed E-state index contributed by atoms with van der Waals surface area (Å²) in [5.41, 5.74) is -0.439. The van der Waals surface area contributed by atoms with Crippen LogP contribution in [0.5, 0.6) is 0 Å². The summed E-state index contributed by atoms with van der Waals surface area (Å²) in [6, 6.07) is 0. The van der Waals surface area contributed by atoms with Gasteiger partial charge < -0.3 is 9.64 Å². The number of likely N-dealkylation sites (tertiary alicyclic amines) is 1. The smallest absolute Gasteiger partial charge is 0.410 e. The summed E-state index contributed by atoms with van der Waals surface area (Å²) in [7, 11) is 0. The molecular formula is C8H17ClN2O3. The molecule has 5 nitrogen and oxygen atoms in total. The molecule has 0 aromatic heterocycles. The lowest BCUT2D eigenvalue weighted by atomic mass is 10.2. The van der Waals surface area contributed by atoms with Gasteiger partial charge in [0, 0.05) is 0 Å². The molecule has 0 bridgehead atoms. The molecule has 0 aliphatic carbocycles. The molecule has 14 heavy (non-hydrogen) atoms. The molecule has 1 aliphatic heterocycles. The second-order valence-corrected chi connectivity index (χ2v) is 4.14. The van der Waals surface area contributed by atoms with E-state index >= 15 is 0 Å². The minimum Gasteiger partial charge on any atom is -0.444 e. The number of nitrogens with zero attached hydrogens (tertiary/aromatic N) is 1. The van der Waals surface area contributed by atoms with E-state index in [0.717, 1.165) is 0 Å². The summed E-state index contributed by atoms with van der Waals surface area (Å²) in [6.45, 7) is 6.54. The van der Waals surface area contributed by atoms with E-state index in [4.69, 9.17) is 10.6 Å². The third-order valence-corrected chi connectivity index (χ3v) is 1.69. The molecule has 1 fully saturated rings. The van der Waals surface area contributed by atoms with Crippen molar-refractivity contribution in [3.05, 3.63) is 0 Å². The number of rotatable bonds is 1. The number of carbonyl (C=O) groups excluding carboxylic acids is 1. The minimum absolute atomic E-state index is 0. The van der Waals surface area contributed by atoms with Crippen LogP contribution < -0.4 is 5.90 Å². The summed E-state index contributed by atoms with van der Waals surface area (Å²) in [6.07, 6.45) is -0.340. The first-order valence-electron chi connectivity index (χ1n) is 4.26. The Morgan fingerprint density at radius 3 is 2.29 bits per heavy atom. The van der Waals surface area contributed by atoms with Crippen molar-refractivity contribution in [1.29, 1.82) is 0 Å². The number of carbonyl (C=O) groups is 1. The van der Waals surface area contributed by atoms with Gasteiger partial charge in [-0.1, -0.05) is 0 Å². The van der Waals surface area contributed by atoms with Crippen molar-refractivity contribution in [3.8, 4) is 0 Å². The van der Waals surface area contributed by atoms with Crippen LogP contribution in [0.4, 0.5) is 4.79 Å². The third-order valence-electron chi connectivity index (χ3n) is 1.69. The predicted molar refractivity (Wildman–Crippen MR) is 54.1 cm³/mol. The molecule has 0 unspecified atom stereocenters. The SMILES string of the molecule is CC(C)(C)OC(=O)N1CC(ON)C1.Cl. The van der Waals surface area contributed by atoms with Gasteiger partial charge in [-0.25, -0.2) is 10.7 Å². The Labute approximate surface area is 89.9 Å². The van der Waals surface area contributed by atoms with Gasteiger partial charge in [0.1, 0.15) is 11.7 Å². The number of amides is 1. The molecule has 1 rings (SSSR count). The first-order chi connectivity index (χ1) is 5.92. The zero-order valence-corrected chi connectivity index (χ0v) is 9.47. The van der Waals surface area contributed by atoms with Crippen molar-refractivity contribution in [2.75, 3.05) is 13.1 Å². The van der Waals surface area contributed by atoms with Crippen LogP contribution >= 0.6 is 12.4 Å². The van der Waals surface area contributed by atoms with Crippen molar-refractivity contribution >= 4 is 18.5 Å². The van der Waals surface area contributed by atoms with Crippen LogP contribution in [0.25, 0.3) is 0 Å². The minimum atomic E-state index is -0.439. The van der Waals surface area contributed by atoms with E-state index in [1.165, 1.54) is 0 Å². The highest BCUT2D eigenvalue weighted by Crippen LogP contribution is 2.15. The standard InChI is InChI=1S/C8H16N2O3.ClH/c1-8(2,3)12-7(11)10-4-6(5-10)13-9;/h6H,4-5,9H2,1-3H3;1H. The summed E-state index contributed by atoms with van der Waals surface area (Å²) >= 11 is 0. The summed E-state index contributed by atoms with van der Waals surface area (Å²) < 4.78 is 5.13. The first-order valence-corrected chi connectivity index (χ1v) is 4.26. The zero-order chi connectivity index (χ0) is 10.1. The number of ether oxygens (including phenoxy) is 1. The fraction of sp³-hybridized carbons (Fsp3) is 0.875. The van der Waals surface area contributed by atoms with Gasteiger partial charge in [-0.15, -0.1) is 12.4 Å². The van der Waals surface area contributed by atoms with Gasteiger partial charge in [-0.3, -0.25) is 4.84 Å². The average molecular weight is 225 g/mol. The second-order valence-electron chi connectivity index (χ2n) is 4.14. The van der Waals surface area contributed by atoms with Crippen LogP contribution in [-0.2, 0) is 9.57 Å². The van der Waals surface area contributed by atoms with Gasteiger partial charge in [0.2, 0.25) is 0 Å². The lowest BCUT2D eigenvalue weighted by molar-refractivity contribution is -0.0643. The van der Waals surface area contributed by atoms with Gasteiger partial charge >= 0.3 is 6.09 Å². The van der Waals surface area contributed by atoms with Crippen LogP contribution in [0.2, 0.25) is 0 Å². The predicted octanol–water partition coefficient (Wildman–Crippen LogP) is 0.918. The normalized spacial score (nSPS) is 17.0. The van der Waals surface area contributed by atoms with Gasteiger partial charge in [-0.2, -0.15) is 0 Å². The second kappa shape index (κ2) is 4.82. The Morgan fingerprint density at radius 2 is 1.93 bits per heavy atom. The maximum atomic E-state index is 11.3. The van der Waals surface area contributed by atoms with E-state index < -0.39 is 5.60 Å². The Kier molecular flexibility index (Phi) is 4.64. The molecule has 1 amide bonds. The summed E-state index contributed by atoms with van der Waals surface area (Å²) in [5.74, 6) is 4.94. The Bertz CT molecular complexity index is 199. The Hall–Kier alpha value is -0.520. The maximum Gasteiger partial charge on any atom is 0.410 e. The highest BCUT2D eigenvalue weighted by Gasteiger charge is 2.33. The maximum absolute atomic E-state index is 11.3. The van der Waals surface area contributed by atoms with Crippen LogP contribution in [-0.4, -0.2) is 35.8 Å². The zero-order valence-electron chi connectivity index (χ0n) is 8.65. The highest BCUT2D eigenvalue weighted by molar-refractivity contribution is 5.85. The number of nitrogens with two attached hydrogens (primary N) is 1. The molecule has 6 heteroatoms. The fourth-order valence-corrected chi connectivity index (χ4v) is 1.000. The van der Waals surface area contributed by atoms with Crippen molar-refractivity contribution in [1.82, 2.24) is 4.90 Å². The van der Waals surface area contributed by atoms with E-state index in [-0.39, 0.29) is 24.6 Å². The average Bonchev–Trinajstić information content (AvgIpc) is 1.79. The largest absolute Gasteiger partial charge is 0.444 e. The molecule has 0 saturated carbocycles. The van der Waals surface area contributed by atoms with Crippen molar-refractivity contribution in [2.24, 2.45) is 5.90 Å². The van der Waals surface area contributed by atoms with E-state index in [0.29, 0.717) is 13.1 Å². The van der Waals surface area contributed by atoms with Crippen molar-refractivity contribution in [3.63, 3.8) is 0 Å². The molecule has 1 aliphatic rings. The van der Waals surface area contributed by atoms with Crippen molar-refractivity contribution in [2.45, 2.75) is 32.5 Å². The van der Waals surface area contributed by atoms with Crippen LogP contribution in [0, 0.1) is 0 Å². The van der Waals surface area contributed by atoms with Crippen LogP contribution in [0.3, 0.4) is 0 Å². The molecule has 84 valence electrons. The molecule has 0 atom stereocenters. The Balaban J connectivity index is 0.00000169. The molecular weight excluding hydrogens is 208 g/mol. The van der Waals surface area contributed by atoms with E-state index in [9.17, 15) is 4.79 Å². The fourth-order valence-electron chi connectivity index (χ4n) is 1.000. The van der Waals surface area contributed by atoms with Gasteiger partial charge in [0.15, 0.2) is 0 Å². The molecule has 2 N–H and O–H groups in total. The summed E-state index contributed by atoms with van der Waals surface area (Å²) in [4.78, 5) is 17.4. The molecule has 0 spiro atoms. The molecule has 0 aromatic rings. The number of halogens is 1. The van der Waals surface area contributed by atoms with Crippen LogP contribution in [0.1, 0.15) is 20.8 Å². The lowest BCUT2D eigenvalue weighted by Crippen LogP contribution is -2.56. The molecule has 0 aromatic carbocycles. The first kappa shape index (κ1) is 13.5. The number of hydrogen-bond donors (Lipinski definition) is 1. The quantitative estimate of drug-likeness (QED) is 0.673. The third kappa shape index (κ3) is 3.69. The molecule has 1 heterocycles. The lowest BCUT2D eigenvalue weighted by Gasteiger charge is -2.38. The van der Waals surface area contributed by atoms with Crippen LogP contribution in [0.15, 0.2) is 0 Å². The topological polar surface area (TPSA) is 64.8 Å². The van der Waals surface area contributed by atoms with E-state index in [2.05, 4.69) is 4.84 Å².